The van der Waals surface area contributed by atoms with Crippen molar-refractivity contribution in [3.05, 3.63) is 65.7 Å². The van der Waals surface area contributed by atoms with Gasteiger partial charge in [0.05, 0.1) is 0 Å². The number of carbonyl (C=O) groups excluding carboxylic acids is 3. The third-order valence-corrected chi connectivity index (χ3v) is 7.96. The zero-order chi connectivity index (χ0) is 26.7. The number of rotatable bonds is 11. The molecule has 38 heavy (non-hydrogen) atoms. The Kier molecular flexibility index (Phi) is 10.3. The van der Waals surface area contributed by atoms with E-state index in [-0.39, 0.29) is 36.2 Å². The van der Waals surface area contributed by atoms with Crippen LogP contribution in [-0.2, 0) is 16.0 Å². The van der Waals surface area contributed by atoms with E-state index in [9.17, 15) is 14.4 Å². The smallest absolute Gasteiger partial charge is 0.243 e. The van der Waals surface area contributed by atoms with Crippen LogP contribution in [0.2, 0.25) is 0 Å². The Morgan fingerprint density at radius 2 is 1.55 bits per heavy atom. The second-order valence-corrected chi connectivity index (χ2v) is 10.8. The normalized spacial score (nSPS) is 20.8. The molecule has 2 saturated carbocycles. The van der Waals surface area contributed by atoms with E-state index >= 15 is 0 Å². The number of nitrogens with one attached hydrogen (secondary N) is 2. The maximum atomic E-state index is 13.3. The van der Waals surface area contributed by atoms with Crippen molar-refractivity contribution in [2.75, 3.05) is 13.2 Å². The Bertz CT molecular complexity index is 1040. The fourth-order valence-corrected chi connectivity index (χ4v) is 5.52. The Morgan fingerprint density at radius 1 is 0.868 bits per heavy atom. The highest BCUT2D eigenvalue weighted by atomic mass is 16.5. The van der Waals surface area contributed by atoms with Crippen LogP contribution in [0.3, 0.4) is 0 Å². The van der Waals surface area contributed by atoms with Crippen LogP contribution < -0.4 is 21.1 Å². The van der Waals surface area contributed by atoms with Gasteiger partial charge in [-0.2, -0.15) is 0 Å². The third-order valence-electron chi connectivity index (χ3n) is 7.96. The van der Waals surface area contributed by atoms with Crippen LogP contribution >= 0.6 is 0 Å². The minimum Gasteiger partial charge on any atom is -0.485 e. The van der Waals surface area contributed by atoms with Crippen molar-refractivity contribution in [3.63, 3.8) is 0 Å². The van der Waals surface area contributed by atoms with Crippen molar-refractivity contribution >= 4 is 17.6 Å². The number of amides is 2. The molecule has 1 atom stereocenters. The first-order chi connectivity index (χ1) is 18.5. The Morgan fingerprint density at radius 3 is 2.21 bits per heavy atom. The van der Waals surface area contributed by atoms with Gasteiger partial charge in [0.15, 0.2) is 12.4 Å². The largest absolute Gasteiger partial charge is 0.485 e. The minimum absolute atomic E-state index is 0.0383. The highest BCUT2D eigenvalue weighted by molar-refractivity contribution is 5.97. The fourth-order valence-electron chi connectivity index (χ4n) is 5.52. The summed E-state index contributed by atoms with van der Waals surface area (Å²) >= 11 is 0. The minimum atomic E-state index is -0.636. The van der Waals surface area contributed by atoms with Gasteiger partial charge >= 0.3 is 0 Å². The number of ether oxygens (including phenoxy) is 1. The molecule has 2 amide bonds. The molecule has 7 heteroatoms. The van der Waals surface area contributed by atoms with E-state index in [1.807, 2.05) is 30.3 Å². The van der Waals surface area contributed by atoms with Gasteiger partial charge in [-0.1, -0.05) is 61.7 Å². The first-order valence-electron chi connectivity index (χ1n) is 14.1. The van der Waals surface area contributed by atoms with Crippen molar-refractivity contribution in [2.24, 2.45) is 17.6 Å². The number of benzene rings is 2. The molecule has 0 unspecified atom stereocenters. The monoisotopic (exact) mass is 519 g/mol. The average molecular weight is 520 g/mol. The van der Waals surface area contributed by atoms with Crippen LogP contribution in [0.15, 0.2) is 54.6 Å². The second kappa shape index (κ2) is 14.1. The molecule has 0 saturated heterocycles. The highest BCUT2D eigenvalue weighted by Gasteiger charge is 2.30. The van der Waals surface area contributed by atoms with Crippen molar-refractivity contribution < 1.29 is 19.1 Å². The first kappa shape index (κ1) is 27.8. The van der Waals surface area contributed by atoms with Crippen molar-refractivity contribution in [1.82, 2.24) is 10.6 Å². The van der Waals surface area contributed by atoms with Crippen LogP contribution in [-0.4, -0.2) is 42.8 Å². The summed E-state index contributed by atoms with van der Waals surface area (Å²) in [5.74, 6) is 0.770. The summed E-state index contributed by atoms with van der Waals surface area (Å²) in [5, 5.41) is 6.26. The molecule has 204 valence electrons. The summed E-state index contributed by atoms with van der Waals surface area (Å²) in [6.07, 6.45) is 9.39. The predicted octanol–water partition coefficient (Wildman–Crippen LogP) is 4.19. The van der Waals surface area contributed by atoms with Gasteiger partial charge in [0.2, 0.25) is 11.8 Å². The summed E-state index contributed by atoms with van der Waals surface area (Å²) in [5.41, 5.74) is 7.35. The van der Waals surface area contributed by atoms with Gasteiger partial charge in [-0.05, 0) is 68.7 Å². The van der Waals surface area contributed by atoms with E-state index in [0.717, 1.165) is 56.9 Å². The maximum Gasteiger partial charge on any atom is 0.243 e. The summed E-state index contributed by atoms with van der Waals surface area (Å²) in [6, 6.07) is 16.0. The fraction of sp³-hybridized carbons (Fsp3) is 0.516. The molecule has 0 radical (unpaired) electrons. The van der Waals surface area contributed by atoms with E-state index in [4.69, 9.17) is 10.5 Å². The lowest BCUT2D eigenvalue weighted by atomic mass is 9.81. The molecule has 4 N–H and O–H groups in total. The van der Waals surface area contributed by atoms with Crippen LogP contribution in [0.5, 0.6) is 5.75 Å². The zero-order valence-electron chi connectivity index (χ0n) is 22.2. The molecule has 4 rings (SSSR count). The third kappa shape index (κ3) is 8.15. The molecule has 7 nitrogen and oxygen atoms in total. The van der Waals surface area contributed by atoms with Gasteiger partial charge in [0.1, 0.15) is 11.8 Å². The Balaban J connectivity index is 1.36. The van der Waals surface area contributed by atoms with Crippen LogP contribution in [0.25, 0.3) is 0 Å². The molecule has 2 aliphatic carbocycles. The lowest BCUT2D eigenvalue weighted by Gasteiger charge is -2.29. The molecule has 2 aromatic rings. The van der Waals surface area contributed by atoms with E-state index in [1.54, 1.807) is 24.3 Å². The molecule has 0 aromatic heterocycles. The molecule has 0 heterocycles. The van der Waals surface area contributed by atoms with Gasteiger partial charge in [0, 0.05) is 23.9 Å². The van der Waals surface area contributed by atoms with Crippen molar-refractivity contribution in [1.29, 1.82) is 0 Å². The molecular weight excluding hydrogens is 478 g/mol. The average Bonchev–Trinajstić information content (AvgIpc) is 2.97. The number of nitrogens with two attached hydrogens (primary N) is 1. The van der Waals surface area contributed by atoms with E-state index in [2.05, 4.69) is 10.6 Å². The molecule has 2 aliphatic rings. The van der Waals surface area contributed by atoms with Gasteiger partial charge in [-0.15, -0.1) is 0 Å². The molecule has 2 fully saturated rings. The summed E-state index contributed by atoms with van der Waals surface area (Å²) < 4.78 is 5.68. The quantitative estimate of drug-likeness (QED) is 0.386. The van der Waals surface area contributed by atoms with Crippen LogP contribution in [0.1, 0.15) is 73.7 Å². The topological polar surface area (TPSA) is 111 Å². The van der Waals surface area contributed by atoms with Crippen molar-refractivity contribution in [2.45, 2.75) is 76.3 Å². The number of Topliss-reactive ketones (excluding diaryl/α,β-unsaturated/α-hetero) is 1. The zero-order valence-corrected chi connectivity index (χ0v) is 22.2. The van der Waals surface area contributed by atoms with E-state index < -0.39 is 6.04 Å². The van der Waals surface area contributed by atoms with Crippen LogP contribution in [0.4, 0.5) is 0 Å². The Hall–Kier alpha value is -3.19. The van der Waals surface area contributed by atoms with Gasteiger partial charge in [0.25, 0.3) is 0 Å². The summed E-state index contributed by atoms with van der Waals surface area (Å²) in [7, 11) is 0. The standard InChI is InChI=1S/C31H41N3O4/c32-20-23-11-15-25(16-12-23)30(36)34-28(31(37)33-26-9-5-2-6-10-26)19-22-13-17-27(18-14-22)38-21-29(35)24-7-3-1-4-8-24/h1,3-4,7-8,13-14,17-18,23,25-26,28H,2,5-6,9-12,15-16,19-21,32H2,(H,33,37)(H,34,36)/t23?,25?,28-/m0/s1. The Labute approximate surface area is 225 Å². The first-order valence-corrected chi connectivity index (χ1v) is 14.1. The number of ketones is 1. The van der Waals surface area contributed by atoms with E-state index in [0.29, 0.717) is 30.2 Å². The lowest BCUT2D eigenvalue weighted by molar-refractivity contribution is -0.132. The van der Waals surface area contributed by atoms with Crippen LogP contribution in [0, 0.1) is 11.8 Å². The SMILES string of the molecule is NCC1CCC(C(=O)N[C@@H](Cc2ccc(OCC(=O)c3ccccc3)cc2)C(=O)NC2CCCCC2)CC1. The number of hydrogen-bond donors (Lipinski definition) is 3. The molecule has 2 aromatic carbocycles. The molecule has 0 spiro atoms. The number of carbonyl (C=O) groups is 3. The maximum absolute atomic E-state index is 13.3. The summed E-state index contributed by atoms with van der Waals surface area (Å²) in [6.45, 7) is 0.624. The lowest BCUT2D eigenvalue weighted by Crippen LogP contribution is -2.52. The molecule has 0 bridgehead atoms. The molecule has 0 aliphatic heterocycles. The van der Waals surface area contributed by atoms with Crippen molar-refractivity contribution in [3.8, 4) is 5.75 Å². The number of hydrogen-bond acceptors (Lipinski definition) is 5. The van der Waals surface area contributed by atoms with Gasteiger partial charge in [-0.25, -0.2) is 0 Å². The summed E-state index contributed by atoms with van der Waals surface area (Å²) in [4.78, 5) is 38.8. The molecular formula is C31H41N3O4. The predicted molar refractivity (Wildman–Crippen MR) is 148 cm³/mol. The van der Waals surface area contributed by atoms with E-state index in [1.165, 1.54) is 6.42 Å². The van der Waals surface area contributed by atoms with Gasteiger partial charge < -0.3 is 21.1 Å². The highest BCUT2D eigenvalue weighted by Crippen LogP contribution is 2.28. The van der Waals surface area contributed by atoms with Gasteiger partial charge in [-0.3, -0.25) is 14.4 Å². The second-order valence-electron chi connectivity index (χ2n) is 10.8.